The van der Waals surface area contributed by atoms with Gasteiger partial charge in [-0.15, -0.1) is 0 Å². The van der Waals surface area contributed by atoms with Crippen LogP contribution in [0.25, 0.3) is 11.0 Å². The van der Waals surface area contributed by atoms with E-state index in [0.717, 1.165) is 24.0 Å². The van der Waals surface area contributed by atoms with Gasteiger partial charge in [0.2, 0.25) is 0 Å². The lowest BCUT2D eigenvalue weighted by Gasteiger charge is -2.45. The molecule has 0 aromatic carbocycles. The lowest BCUT2D eigenvalue weighted by Crippen LogP contribution is -2.54. The first-order chi connectivity index (χ1) is 9.29. The zero-order valence-electron chi connectivity index (χ0n) is 12.0. The van der Waals surface area contributed by atoms with Crippen molar-refractivity contribution in [3.05, 3.63) is 23.8 Å². The average Bonchev–Trinajstić information content (AvgIpc) is 2.73. The number of hydrogen-bond donors (Lipinski definition) is 1. The fourth-order valence-electron chi connectivity index (χ4n) is 3.33. The molecule has 1 N–H and O–H groups in total. The molecule has 1 aliphatic heterocycles. The van der Waals surface area contributed by atoms with Gasteiger partial charge in [0.1, 0.15) is 6.33 Å². The largest absolute Gasteiger partial charge is 0.344 e. The van der Waals surface area contributed by atoms with Gasteiger partial charge in [-0.25, -0.2) is 9.97 Å². The summed E-state index contributed by atoms with van der Waals surface area (Å²) in [6.07, 6.45) is 8.72. The van der Waals surface area contributed by atoms with Crippen LogP contribution >= 0.6 is 0 Å². The molecular weight excluding hydrogens is 236 g/mol. The summed E-state index contributed by atoms with van der Waals surface area (Å²) in [7, 11) is 2.12. The number of rotatable bonds is 0. The summed E-state index contributed by atoms with van der Waals surface area (Å²) in [5, 5.41) is 3.72. The van der Waals surface area contributed by atoms with Crippen molar-refractivity contribution < 1.29 is 0 Å². The SMILES string of the molecule is CC.Cn1c2c(c3ncncc31)CC1(CCC1)NC2. The maximum Gasteiger partial charge on any atom is 0.116 e. The van der Waals surface area contributed by atoms with E-state index in [-0.39, 0.29) is 0 Å². The first kappa shape index (κ1) is 12.6. The van der Waals surface area contributed by atoms with Crippen molar-refractivity contribution in [2.45, 2.75) is 51.6 Å². The van der Waals surface area contributed by atoms with Crippen LogP contribution in [0, 0.1) is 0 Å². The molecule has 0 radical (unpaired) electrons. The van der Waals surface area contributed by atoms with Crippen LogP contribution in [0.4, 0.5) is 0 Å². The van der Waals surface area contributed by atoms with Crippen LogP contribution < -0.4 is 5.32 Å². The number of fused-ring (bicyclic) bond motifs is 3. The van der Waals surface area contributed by atoms with Gasteiger partial charge >= 0.3 is 0 Å². The monoisotopic (exact) mass is 258 g/mol. The molecule has 4 nitrogen and oxygen atoms in total. The van der Waals surface area contributed by atoms with Gasteiger partial charge < -0.3 is 9.88 Å². The summed E-state index contributed by atoms with van der Waals surface area (Å²) >= 11 is 0. The Kier molecular flexibility index (Phi) is 3.05. The second-order valence-corrected chi connectivity index (χ2v) is 5.41. The van der Waals surface area contributed by atoms with Gasteiger partial charge in [-0.1, -0.05) is 13.8 Å². The number of nitrogens with zero attached hydrogens (tertiary/aromatic N) is 3. The zero-order valence-corrected chi connectivity index (χ0v) is 12.0. The first-order valence-electron chi connectivity index (χ1n) is 7.30. The van der Waals surface area contributed by atoms with Crippen molar-refractivity contribution in [3.63, 3.8) is 0 Å². The fourth-order valence-corrected chi connectivity index (χ4v) is 3.33. The molecule has 0 saturated heterocycles. The number of aryl methyl sites for hydroxylation is 1. The Bertz CT molecular complexity index is 595. The molecule has 1 spiro atoms. The molecule has 2 aliphatic rings. The minimum atomic E-state index is 0.381. The second kappa shape index (κ2) is 4.60. The van der Waals surface area contributed by atoms with Gasteiger partial charge in [0.15, 0.2) is 0 Å². The Morgan fingerprint density at radius 1 is 1.32 bits per heavy atom. The number of nitrogens with one attached hydrogen (secondary N) is 1. The summed E-state index contributed by atoms with van der Waals surface area (Å²) in [6.45, 7) is 4.97. The first-order valence-corrected chi connectivity index (χ1v) is 7.30. The van der Waals surface area contributed by atoms with Gasteiger partial charge in [-0.05, 0) is 25.7 Å². The Morgan fingerprint density at radius 2 is 2.11 bits per heavy atom. The summed E-state index contributed by atoms with van der Waals surface area (Å²) in [4.78, 5) is 8.61. The topological polar surface area (TPSA) is 42.7 Å². The van der Waals surface area contributed by atoms with E-state index in [4.69, 9.17) is 0 Å². The summed E-state index contributed by atoms with van der Waals surface area (Å²) in [5.74, 6) is 0. The highest BCUT2D eigenvalue weighted by molar-refractivity contribution is 5.81. The van der Waals surface area contributed by atoms with E-state index in [1.165, 1.54) is 30.5 Å². The number of aromatic nitrogens is 3. The van der Waals surface area contributed by atoms with E-state index < -0.39 is 0 Å². The lowest BCUT2D eigenvalue weighted by atomic mass is 9.71. The third kappa shape index (κ3) is 1.77. The van der Waals surface area contributed by atoms with Crippen LogP contribution in [0.5, 0.6) is 0 Å². The summed E-state index contributed by atoms with van der Waals surface area (Å²) < 4.78 is 2.24. The number of hydrogen-bond acceptors (Lipinski definition) is 3. The van der Waals surface area contributed by atoms with Gasteiger partial charge in [0, 0.05) is 30.4 Å². The molecule has 0 bridgehead atoms. The third-order valence-electron chi connectivity index (χ3n) is 4.55. The van der Waals surface area contributed by atoms with Crippen LogP contribution in [0.1, 0.15) is 44.4 Å². The van der Waals surface area contributed by atoms with Crippen LogP contribution in [0.3, 0.4) is 0 Å². The minimum absolute atomic E-state index is 0.381. The molecule has 0 amide bonds. The smallest absolute Gasteiger partial charge is 0.116 e. The van der Waals surface area contributed by atoms with E-state index in [1.807, 2.05) is 20.0 Å². The van der Waals surface area contributed by atoms with Crippen LogP contribution in [0.2, 0.25) is 0 Å². The van der Waals surface area contributed by atoms with Crippen LogP contribution in [0.15, 0.2) is 12.5 Å². The van der Waals surface area contributed by atoms with E-state index in [0.29, 0.717) is 5.54 Å². The van der Waals surface area contributed by atoms with Gasteiger partial charge in [0.25, 0.3) is 0 Å². The van der Waals surface area contributed by atoms with Gasteiger partial charge in [-0.3, -0.25) is 0 Å². The average molecular weight is 258 g/mol. The highest BCUT2D eigenvalue weighted by atomic mass is 15.1. The highest BCUT2D eigenvalue weighted by Gasteiger charge is 2.41. The lowest BCUT2D eigenvalue weighted by molar-refractivity contribution is 0.169. The molecule has 3 heterocycles. The molecule has 1 fully saturated rings. The second-order valence-electron chi connectivity index (χ2n) is 5.41. The van der Waals surface area contributed by atoms with E-state index in [2.05, 4.69) is 26.9 Å². The predicted octanol–water partition coefficient (Wildman–Crippen LogP) is 2.56. The van der Waals surface area contributed by atoms with Crippen LogP contribution in [-0.4, -0.2) is 20.1 Å². The van der Waals surface area contributed by atoms with Crippen molar-refractivity contribution in [1.82, 2.24) is 19.9 Å². The van der Waals surface area contributed by atoms with Crippen molar-refractivity contribution in [2.24, 2.45) is 7.05 Å². The van der Waals surface area contributed by atoms with Crippen molar-refractivity contribution >= 4 is 11.0 Å². The molecule has 2 aromatic rings. The third-order valence-corrected chi connectivity index (χ3v) is 4.55. The normalized spacial score (nSPS) is 19.5. The molecule has 0 unspecified atom stereocenters. The molecular formula is C15H22N4. The molecule has 102 valence electrons. The maximum atomic E-state index is 4.48. The van der Waals surface area contributed by atoms with Gasteiger partial charge in [0.05, 0.1) is 17.2 Å². The quantitative estimate of drug-likeness (QED) is 0.789. The Labute approximate surface area is 114 Å². The van der Waals surface area contributed by atoms with Crippen molar-refractivity contribution in [1.29, 1.82) is 0 Å². The molecule has 4 heteroatoms. The van der Waals surface area contributed by atoms with Crippen LogP contribution in [-0.2, 0) is 20.0 Å². The Morgan fingerprint density at radius 3 is 2.79 bits per heavy atom. The summed E-state index contributed by atoms with van der Waals surface area (Å²) in [6, 6.07) is 0. The predicted molar refractivity (Wildman–Crippen MR) is 77.0 cm³/mol. The molecule has 1 saturated carbocycles. The molecule has 0 atom stereocenters. The molecule has 2 aromatic heterocycles. The van der Waals surface area contributed by atoms with Gasteiger partial charge in [-0.2, -0.15) is 0 Å². The standard InChI is InChI=1S/C13H16N4.C2H6/c1-17-10-7-16-13(3-2-4-13)5-9(10)12-11(17)6-14-8-15-12;1-2/h6,8,16H,2-5,7H2,1H3;1-2H3. The molecule has 4 rings (SSSR count). The van der Waals surface area contributed by atoms with Crippen molar-refractivity contribution in [2.75, 3.05) is 0 Å². The Balaban J connectivity index is 0.000000528. The van der Waals surface area contributed by atoms with Crippen molar-refractivity contribution in [3.8, 4) is 0 Å². The van der Waals surface area contributed by atoms with E-state index in [1.54, 1.807) is 6.33 Å². The molecule has 1 aliphatic carbocycles. The maximum absolute atomic E-state index is 4.48. The molecule has 19 heavy (non-hydrogen) atoms. The highest BCUT2D eigenvalue weighted by Crippen LogP contribution is 2.40. The fraction of sp³-hybridized carbons (Fsp3) is 0.600. The van der Waals surface area contributed by atoms with E-state index >= 15 is 0 Å². The van der Waals surface area contributed by atoms with E-state index in [9.17, 15) is 0 Å². The minimum Gasteiger partial charge on any atom is -0.344 e. The summed E-state index contributed by atoms with van der Waals surface area (Å²) in [5.41, 5.74) is 5.54. The Hall–Kier alpha value is -1.42. The zero-order chi connectivity index (χ0) is 13.5.